The smallest absolute Gasteiger partial charge is 0.287 e. The first-order valence-electron chi connectivity index (χ1n) is 8.50. The van der Waals surface area contributed by atoms with Crippen LogP contribution in [0.25, 0.3) is 11.0 Å². The van der Waals surface area contributed by atoms with Gasteiger partial charge in [0.2, 0.25) is 0 Å². The fourth-order valence-electron chi connectivity index (χ4n) is 3.05. The summed E-state index contributed by atoms with van der Waals surface area (Å²) >= 11 is 3.36. The number of fused-ring (bicyclic) bond motifs is 1. The van der Waals surface area contributed by atoms with Crippen LogP contribution in [0, 0.1) is 0 Å². The van der Waals surface area contributed by atoms with Crippen LogP contribution < -0.4 is 5.32 Å². The molecule has 138 valence electrons. The van der Waals surface area contributed by atoms with Crippen LogP contribution in [0.1, 0.15) is 35.1 Å². The molecule has 0 spiro atoms. The van der Waals surface area contributed by atoms with E-state index < -0.39 is 0 Å². The van der Waals surface area contributed by atoms with Gasteiger partial charge in [0.25, 0.3) is 5.91 Å². The van der Waals surface area contributed by atoms with Gasteiger partial charge in [0.15, 0.2) is 5.76 Å². The SMILES string of the molecule is CC(NC(=O)c1ccc(Cn2cc(Br)cn2)o1)c1nc2ccccc2n1C. The maximum absolute atomic E-state index is 12.6. The summed E-state index contributed by atoms with van der Waals surface area (Å²) in [4.78, 5) is 17.2. The maximum Gasteiger partial charge on any atom is 0.287 e. The normalized spacial score (nSPS) is 12.4. The minimum Gasteiger partial charge on any atom is -0.454 e. The standard InChI is InChI=1S/C19H18BrN5O2/c1-12(18-23-15-5-3-4-6-16(15)24(18)2)22-19(26)17-8-7-14(27-17)11-25-10-13(20)9-21-25/h3-10,12H,11H2,1-2H3,(H,22,26). The second-order valence-electron chi connectivity index (χ2n) is 6.33. The second-order valence-corrected chi connectivity index (χ2v) is 7.25. The number of benzene rings is 1. The Kier molecular flexibility index (Phi) is 4.57. The van der Waals surface area contributed by atoms with Gasteiger partial charge in [0.1, 0.15) is 11.6 Å². The van der Waals surface area contributed by atoms with Crippen molar-refractivity contribution in [2.75, 3.05) is 0 Å². The molecule has 0 saturated carbocycles. The number of furan rings is 1. The Morgan fingerprint density at radius 3 is 2.85 bits per heavy atom. The largest absolute Gasteiger partial charge is 0.454 e. The summed E-state index contributed by atoms with van der Waals surface area (Å²) in [7, 11) is 1.94. The highest BCUT2D eigenvalue weighted by Gasteiger charge is 2.19. The molecule has 0 aliphatic carbocycles. The van der Waals surface area contributed by atoms with Crippen molar-refractivity contribution in [1.29, 1.82) is 0 Å². The van der Waals surface area contributed by atoms with Gasteiger partial charge >= 0.3 is 0 Å². The van der Waals surface area contributed by atoms with Crippen molar-refractivity contribution in [3.05, 3.63) is 70.6 Å². The zero-order chi connectivity index (χ0) is 19.0. The molecular weight excluding hydrogens is 410 g/mol. The van der Waals surface area contributed by atoms with E-state index in [-0.39, 0.29) is 17.7 Å². The number of aromatic nitrogens is 4. The minimum atomic E-state index is -0.276. The topological polar surface area (TPSA) is 77.9 Å². The third-order valence-corrected chi connectivity index (χ3v) is 4.77. The van der Waals surface area contributed by atoms with Crippen molar-refractivity contribution in [3.8, 4) is 0 Å². The molecule has 0 aliphatic heterocycles. The fourth-order valence-corrected chi connectivity index (χ4v) is 3.38. The highest BCUT2D eigenvalue weighted by Crippen LogP contribution is 2.20. The van der Waals surface area contributed by atoms with Crippen molar-refractivity contribution in [2.45, 2.75) is 19.5 Å². The summed E-state index contributed by atoms with van der Waals surface area (Å²) in [5.74, 6) is 1.44. The van der Waals surface area contributed by atoms with Crippen molar-refractivity contribution < 1.29 is 9.21 Å². The number of hydrogen-bond donors (Lipinski definition) is 1. The quantitative estimate of drug-likeness (QED) is 0.526. The lowest BCUT2D eigenvalue weighted by molar-refractivity contribution is 0.0907. The van der Waals surface area contributed by atoms with Gasteiger partial charge in [-0.2, -0.15) is 5.10 Å². The Morgan fingerprint density at radius 1 is 1.30 bits per heavy atom. The van der Waals surface area contributed by atoms with Crippen molar-refractivity contribution in [3.63, 3.8) is 0 Å². The van der Waals surface area contributed by atoms with Gasteiger partial charge in [0.05, 0.1) is 34.3 Å². The Balaban J connectivity index is 1.47. The Bertz CT molecular complexity index is 1110. The van der Waals surface area contributed by atoms with E-state index in [0.717, 1.165) is 21.3 Å². The van der Waals surface area contributed by atoms with Crippen LogP contribution in [0.4, 0.5) is 0 Å². The van der Waals surface area contributed by atoms with Gasteiger partial charge < -0.3 is 14.3 Å². The number of carbonyl (C=O) groups is 1. The summed E-state index contributed by atoms with van der Waals surface area (Å²) in [6.45, 7) is 2.36. The summed E-state index contributed by atoms with van der Waals surface area (Å²) in [5.41, 5.74) is 1.93. The molecule has 0 fully saturated rings. The van der Waals surface area contributed by atoms with Gasteiger partial charge in [-0.3, -0.25) is 9.48 Å². The van der Waals surface area contributed by atoms with Crippen LogP contribution >= 0.6 is 15.9 Å². The molecule has 3 aromatic heterocycles. The first-order chi connectivity index (χ1) is 13.0. The van der Waals surface area contributed by atoms with Crippen LogP contribution in [0.5, 0.6) is 0 Å². The highest BCUT2D eigenvalue weighted by atomic mass is 79.9. The summed E-state index contributed by atoms with van der Waals surface area (Å²) < 4.78 is 10.3. The lowest BCUT2D eigenvalue weighted by Gasteiger charge is -2.13. The average molecular weight is 428 g/mol. The van der Waals surface area contributed by atoms with Gasteiger partial charge in [-0.05, 0) is 47.1 Å². The fraction of sp³-hybridized carbons (Fsp3) is 0.211. The number of halogens is 1. The second kappa shape index (κ2) is 7.03. The molecule has 4 aromatic rings. The Morgan fingerprint density at radius 2 is 2.11 bits per heavy atom. The van der Waals surface area contributed by atoms with Crippen LogP contribution in [0.2, 0.25) is 0 Å². The molecule has 3 heterocycles. The van der Waals surface area contributed by atoms with E-state index in [0.29, 0.717) is 12.3 Å². The molecule has 0 radical (unpaired) electrons. The molecule has 1 unspecified atom stereocenters. The molecule has 1 aromatic carbocycles. The van der Waals surface area contributed by atoms with E-state index in [9.17, 15) is 4.79 Å². The van der Waals surface area contributed by atoms with E-state index in [1.165, 1.54) is 0 Å². The maximum atomic E-state index is 12.6. The predicted molar refractivity (Wildman–Crippen MR) is 104 cm³/mol. The molecule has 8 heteroatoms. The molecule has 0 saturated heterocycles. The molecule has 4 rings (SSSR count). The minimum absolute atomic E-state index is 0.259. The Hall–Kier alpha value is -2.87. The van der Waals surface area contributed by atoms with Crippen LogP contribution in [-0.4, -0.2) is 25.2 Å². The zero-order valence-corrected chi connectivity index (χ0v) is 16.5. The van der Waals surface area contributed by atoms with Gasteiger partial charge in [-0.25, -0.2) is 4.98 Å². The molecule has 1 N–H and O–H groups in total. The molecular formula is C19H18BrN5O2. The molecule has 0 bridgehead atoms. The molecule has 27 heavy (non-hydrogen) atoms. The van der Waals surface area contributed by atoms with Crippen LogP contribution in [-0.2, 0) is 13.6 Å². The highest BCUT2D eigenvalue weighted by molar-refractivity contribution is 9.10. The number of para-hydroxylation sites is 2. The van der Waals surface area contributed by atoms with E-state index in [1.807, 2.05) is 49.0 Å². The summed E-state index contributed by atoms with van der Waals surface area (Å²) in [5, 5.41) is 7.13. The third kappa shape index (κ3) is 3.52. The van der Waals surface area contributed by atoms with Crippen molar-refractivity contribution >= 4 is 32.9 Å². The number of amides is 1. The van der Waals surface area contributed by atoms with Gasteiger partial charge in [0, 0.05) is 13.2 Å². The monoisotopic (exact) mass is 427 g/mol. The van der Waals surface area contributed by atoms with Crippen molar-refractivity contribution in [2.24, 2.45) is 7.05 Å². The van der Waals surface area contributed by atoms with E-state index in [4.69, 9.17) is 4.42 Å². The average Bonchev–Trinajstić information content (AvgIpc) is 3.35. The van der Waals surface area contributed by atoms with Gasteiger partial charge in [-0.15, -0.1) is 0 Å². The third-order valence-electron chi connectivity index (χ3n) is 4.36. The zero-order valence-electron chi connectivity index (χ0n) is 14.9. The van der Waals surface area contributed by atoms with E-state index in [2.05, 4.69) is 31.3 Å². The molecule has 7 nitrogen and oxygen atoms in total. The first kappa shape index (κ1) is 17.5. The summed E-state index contributed by atoms with van der Waals surface area (Å²) in [6.07, 6.45) is 3.55. The lowest BCUT2D eigenvalue weighted by Crippen LogP contribution is -2.28. The van der Waals surface area contributed by atoms with E-state index >= 15 is 0 Å². The first-order valence-corrected chi connectivity index (χ1v) is 9.29. The van der Waals surface area contributed by atoms with E-state index in [1.54, 1.807) is 23.0 Å². The summed E-state index contributed by atoms with van der Waals surface area (Å²) in [6, 6.07) is 11.1. The van der Waals surface area contributed by atoms with Gasteiger partial charge in [-0.1, -0.05) is 12.1 Å². The molecule has 1 atom stereocenters. The molecule has 0 aliphatic rings. The number of imidazole rings is 1. The number of nitrogens with zero attached hydrogens (tertiary/aromatic N) is 4. The number of hydrogen-bond acceptors (Lipinski definition) is 4. The molecule has 1 amide bonds. The van der Waals surface area contributed by atoms with Crippen molar-refractivity contribution in [1.82, 2.24) is 24.6 Å². The Labute approximate surface area is 164 Å². The lowest BCUT2D eigenvalue weighted by atomic mass is 10.3. The van der Waals surface area contributed by atoms with Crippen LogP contribution in [0.15, 0.2) is 57.7 Å². The number of aryl methyl sites for hydroxylation is 1. The number of carbonyl (C=O) groups excluding carboxylic acids is 1. The number of rotatable bonds is 5. The predicted octanol–water partition coefficient (Wildman–Crippen LogP) is 3.66. The van der Waals surface area contributed by atoms with Crippen LogP contribution in [0.3, 0.4) is 0 Å². The number of nitrogens with one attached hydrogen (secondary N) is 1.